The molecule has 2 saturated heterocycles. The minimum Gasteiger partial charge on any atom is -0.508 e. The van der Waals surface area contributed by atoms with Crippen LogP contribution in [0.5, 0.6) is 11.5 Å². The van der Waals surface area contributed by atoms with Crippen LogP contribution in [0.25, 0.3) is 0 Å². The minimum absolute atomic E-state index is 0.0200. The number of amides is 17. The van der Waals surface area contributed by atoms with Crippen molar-refractivity contribution in [2.24, 2.45) is 11.8 Å². The number of phenolic OH excluding ortho intramolecular Hbond substituents is 2. The number of hydrogen-bond donors (Lipinski definition) is 21. The molecule has 0 radical (unpaired) electrons. The molecule has 13 atom stereocenters. The van der Waals surface area contributed by atoms with Crippen LogP contribution in [-0.4, -0.2) is 272 Å². The first kappa shape index (κ1) is 95.0. The lowest BCUT2D eigenvalue weighted by Crippen LogP contribution is -2.61. The Morgan fingerprint density at radius 1 is 0.500 bits per heavy atom. The van der Waals surface area contributed by atoms with Crippen LogP contribution < -0.4 is 85.1 Å². The second-order valence-electron chi connectivity index (χ2n) is 27.9. The molecule has 0 bridgehead atoms. The van der Waals surface area contributed by atoms with Crippen LogP contribution in [0.2, 0.25) is 0 Å². The number of carbonyl (C=O) groups is 19. The number of carboxylic acid groups (broad SMARTS) is 2. The molecule has 2 aromatic carbocycles. The number of nitrogens with zero attached hydrogens (tertiary/aromatic N) is 1. The molecule has 114 heavy (non-hydrogen) atoms. The molecule has 2 aliphatic heterocycles. The van der Waals surface area contributed by atoms with Crippen molar-refractivity contribution in [3.05, 3.63) is 59.7 Å². The summed E-state index contributed by atoms with van der Waals surface area (Å²) in [5, 5.41) is 90.2. The number of phenols is 2. The van der Waals surface area contributed by atoms with Crippen molar-refractivity contribution < 1.29 is 117 Å². The van der Waals surface area contributed by atoms with E-state index in [0.717, 1.165) is 25.7 Å². The quantitative estimate of drug-likeness (QED) is 0.0233. The molecule has 628 valence electrons. The van der Waals surface area contributed by atoms with Gasteiger partial charge in [-0.25, -0.2) is 0 Å². The lowest BCUT2D eigenvalue weighted by Gasteiger charge is -2.31. The number of hydrogen-bond acceptors (Lipinski definition) is 24. The predicted octanol–water partition coefficient (Wildman–Crippen LogP) is -6.32. The zero-order valence-corrected chi connectivity index (χ0v) is 66.0. The predicted molar refractivity (Wildman–Crippen MR) is 407 cm³/mol. The second-order valence-corrected chi connectivity index (χ2v) is 30.5. The van der Waals surface area contributed by atoms with Crippen LogP contribution in [0.4, 0.5) is 0 Å². The highest BCUT2D eigenvalue weighted by Gasteiger charge is 2.42. The topological polar surface area (TPSA) is 621 Å². The Balaban J connectivity index is 1.85. The number of rotatable bonds is 33. The third kappa shape index (κ3) is 33.9. The fourth-order valence-electron chi connectivity index (χ4n) is 11.5. The highest BCUT2D eigenvalue weighted by molar-refractivity contribution is 8.76. The Morgan fingerprint density at radius 3 is 1.47 bits per heavy atom. The first-order valence-corrected chi connectivity index (χ1v) is 38.9. The highest BCUT2D eigenvalue weighted by atomic mass is 33.1. The summed E-state index contributed by atoms with van der Waals surface area (Å²) in [6.07, 6.45) is -5.03. The van der Waals surface area contributed by atoms with Gasteiger partial charge in [-0.3, -0.25) is 91.1 Å². The van der Waals surface area contributed by atoms with Crippen LogP contribution in [0.1, 0.15) is 112 Å². The van der Waals surface area contributed by atoms with Crippen LogP contribution in [0, 0.1) is 11.8 Å². The maximum absolute atomic E-state index is 15.0. The van der Waals surface area contributed by atoms with E-state index >= 15 is 4.79 Å². The standard InChI is InChI=1S/C71H103N17O24S2/c1-34(2)23-45(63(104)82-48(27-57(97)98)60(101)72-20-21-73-62(103)51(77-39(8)92)29-74-37(6)90)79-68(109)54-33-114-113-32-53(85-69(110)55-11-10-22-88(55)71(112)50(24-35(3)4)84-66(107)52(78-40(9)93)30-75-38(7)91)67(108)83-49(28-58(99)100)65(106)81-47(26-42-14-18-44(95)19-15-42)64(105)80-46(25-41-12-16-43(94)17-13-41)61(102)76-31-56(96)87-59(36(5)89)70(111)86-54/h12-19,34-36,45-55,59,89,94-95H,10-11,20-33H2,1-9H3,(H,72,101)(H,73,103)(H,74,90)(H,75,91)(H,76,102)(H,77,92)(H,78,93)(H,79,109)(H,80,105)(H,81,106)(H,82,104)(H,83,108)(H,84,107)(H,85,110)(H,86,111)(H,87,96)(H,97,98)(H,99,100)/t36?,45-,46-,47-,48-,49-,50?,51?,52?,53-,54-,55-,59-/m0/s1. The lowest BCUT2D eigenvalue weighted by molar-refractivity contribution is -0.143. The monoisotopic (exact) mass is 1640 g/mol. The molecule has 4 unspecified atom stereocenters. The summed E-state index contributed by atoms with van der Waals surface area (Å²) in [5.74, 6) is -22.1. The van der Waals surface area contributed by atoms with E-state index in [9.17, 15) is 112 Å². The van der Waals surface area contributed by atoms with E-state index in [4.69, 9.17) is 0 Å². The molecule has 2 heterocycles. The molecule has 0 aliphatic carbocycles. The van der Waals surface area contributed by atoms with E-state index in [1.807, 2.05) is 0 Å². The normalized spacial score (nSPS) is 20.4. The van der Waals surface area contributed by atoms with Gasteiger partial charge in [-0.1, -0.05) is 73.5 Å². The Labute approximate surface area is 663 Å². The summed E-state index contributed by atoms with van der Waals surface area (Å²) < 4.78 is 0. The zero-order valence-electron chi connectivity index (χ0n) is 64.3. The van der Waals surface area contributed by atoms with Gasteiger partial charge in [0.15, 0.2) is 0 Å². The van der Waals surface area contributed by atoms with Crippen molar-refractivity contribution in [1.82, 2.24) is 90.0 Å². The van der Waals surface area contributed by atoms with E-state index in [0.29, 0.717) is 27.2 Å². The molecule has 0 aromatic heterocycles. The van der Waals surface area contributed by atoms with Crippen molar-refractivity contribution >= 4 is 134 Å². The Bertz CT molecular complexity index is 3800. The maximum atomic E-state index is 15.0. The molecule has 43 heteroatoms. The van der Waals surface area contributed by atoms with Crippen molar-refractivity contribution in [3.63, 3.8) is 0 Å². The van der Waals surface area contributed by atoms with Crippen molar-refractivity contribution in [3.8, 4) is 11.5 Å². The Hall–Kier alpha value is -11.4. The number of aliphatic hydroxyl groups is 1. The van der Waals surface area contributed by atoms with Crippen LogP contribution in [-0.2, 0) is 104 Å². The first-order chi connectivity index (χ1) is 53.6. The van der Waals surface area contributed by atoms with Crippen molar-refractivity contribution in [2.45, 2.75) is 192 Å². The van der Waals surface area contributed by atoms with Gasteiger partial charge in [0.25, 0.3) is 0 Å². The summed E-state index contributed by atoms with van der Waals surface area (Å²) >= 11 is 0. The number of aliphatic hydroxyl groups excluding tert-OH is 1. The van der Waals surface area contributed by atoms with Crippen LogP contribution in [0.3, 0.4) is 0 Å². The molecule has 21 N–H and O–H groups in total. The Kier molecular flexibility index (Phi) is 39.4. The SMILES string of the molecule is CC(=O)NCC(NC(C)=O)C(=O)NCCNC(=O)[C@H](CC(=O)O)NC(=O)[C@H](CC(C)C)NC(=O)[C@@H]1CSSC[C@H](NC(=O)[C@@H]2CCCN2C(=O)C(CC(C)C)NC(=O)C(CNC(C)=O)NC(C)=O)C(=O)N[C@@H](CC(=O)O)C(=O)N[C@@H](Cc2ccc(O)cc2)C(=O)N[C@@H](Cc2ccc(O)cc2)C(=O)NCC(=O)N[C@@H](C(C)O)C(=O)N1. The second kappa shape index (κ2) is 47.2. The molecular weight excluding hydrogens is 1540 g/mol. The van der Waals surface area contributed by atoms with Crippen LogP contribution >= 0.6 is 21.6 Å². The molecule has 2 aromatic rings. The zero-order chi connectivity index (χ0) is 85.2. The van der Waals surface area contributed by atoms with E-state index in [2.05, 4.69) is 85.1 Å². The van der Waals surface area contributed by atoms with E-state index < -0.39 is 234 Å². The molecule has 0 spiro atoms. The number of carboxylic acids is 2. The molecule has 41 nitrogen and oxygen atoms in total. The number of aliphatic carboxylic acids is 2. The fourth-order valence-corrected chi connectivity index (χ4v) is 13.8. The first-order valence-electron chi connectivity index (χ1n) is 36.4. The Morgan fingerprint density at radius 2 is 0.974 bits per heavy atom. The van der Waals surface area contributed by atoms with Gasteiger partial charge < -0.3 is 116 Å². The fraction of sp³-hybridized carbons (Fsp3) is 0.563. The van der Waals surface area contributed by atoms with Gasteiger partial charge in [0.1, 0.15) is 84.0 Å². The molecule has 4 rings (SSSR count). The number of benzene rings is 2. The van der Waals surface area contributed by atoms with E-state index in [-0.39, 0.29) is 87.8 Å². The summed E-state index contributed by atoms with van der Waals surface area (Å²) in [7, 11) is 1.39. The van der Waals surface area contributed by atoms with Gasteiger partial charge in [-0.2, -0.15) is 0 Å². The maximum Gasteiger partial charge on any atom is 0.305 e. The van der Waals surface area contributed by atoms with Gasteiger partial charge in [0.2, 0.25) is 100 Å². The van der Waals surface area contributed by atoms with Crippen molar-refractivity contribution in [1.29, 1.82) is 0 Å². The highest BCUT2D eigenvalue weighted by Crippen LogP contribution is 2.26. The lowest BCUT2D eigenvalue weighted by atomic mass is 10.0. The molecule has 17 amide bonds. The van der Waals surface area contributed by atoms with Crippen LogP contribution in [0.15, 0.2) is 48.5 Å². The average Bonchev–Trinajstić information content (AvgIpc) is 1.63. The molecular formula is C71H103N17O24S2. The van der Waals surface area contributed by atoms with E-state index in [1.165, 1.54) is 62.4 Å². The number of likely N-dealkylation sites (tertiary alicyclic amines) is 1. The molecule has 0 saturated carbocycles. The van der Waals surface area contributed by atoms with Gasteiger partial charge in [0.05, 0.1) is 25.5 Å². The largest absolute Gasteiger partial charge is 0.508 e. The van der Waals surface area contributed by atoms with Gasteiger partial charge >= 0.3 is 11.9 Å². The third-order valence-corrected chi connectivity index (χ3v) is 19.5. The summed E-state index contributed by atoms with van der Waals surface area (Å²) in [4.78, 5) is 260. The van der Waals surface area contributed by atoms with Gasteiger partial charge in [-0.05, 0) is 79.8 Å². The van der Waals surface area contributed by atoms with Gasteiger partial charge in [-0.15, -0.1) is 0 Å². The van der Waals surface area contributed by atoms with Gasteiger partial charge in [0, 0.05) is 84.8 Å². The average molecular weight is 1640 g/mol. The molecule has 2 fully saturated rings. The summed E-state index contributed by atoms with van der Waals surface area (Å²) in [6.45, 7) is 9.94. The number of carbonyl (C=O) groups excluding carboxylic acids is 17. The van der Waals surface area contributed by atoms with E-state index in [1.54, 1.807) is 27.7 Å². The number of nitrogens with one attached hydrogen (secondary N) is 16. The summed E-state index contributed by atoms with van der Waals surface area (Å²) in [6, 6.07) is -9.67. The summed E-state index contributed by atoms with van der Waals surface area (Å²) in [5.41, 5.74) is 0.572. The third-order valence-electron chi connectivity index (χ3n) is 17.1. The van der Waals surface area contributed by atoms with Crippen molar-refractivity contribution in [2.75, 3.05) is 50.8 Å². The molecule has 2 aliphatic rings. The smallest absolute Gasteiger partial charge is 0.305 e. The number of aromatic hydroxyl groups is 2. The minimum atomic E-state index is -2.12.